The number of aliphatic hydroxyl groups excluding tert-OH is 1. The number of ether oxygens (including phenoxy) is 2. The number of methoxy groups -OCH3 is 1. The van der Waals surface area contributed by atoms with Crippen molar-refractivity contribution < 1.29 is 29.3 Å². The van der Waals surface area contributed by atoms with Crippen LogP contribution >= 0.6 is 11.3 Å². The molecule has 0 amide bonds. The largest absolute Gasteiger partial charge is 0.505 e. The molecule has 0 aliphatic heterocycles. The van der Waals surface area contributed by atoms with Crippen LogP contribution in [0, 0.1) is 6.92 Å². The Labute approximate surface area is 206 Å². The Morgan fingerprint density at radius 2 is 1.83 bits per heavy atom. The highest BCUT2D eigenvalue weighted by Gasteiger charge is 2.21. The van der Waals surface area contributed by atoms with Crippen LogP contribution in [0.15, 0.2) is 54.0 Å². The molecule has 2 aromatic carbocycles. The van der Waals surface area contributed by atoms with Crippen LogP contribution in [0.4, 0.5) is 0 Å². The number of benzene rings is 2. The molecule has 180 valence electrons. The van der Waals surface area contributed by atoms with Crippen molar-refractivity contribution in [1.82, 2.24) is 4.98 Å². The van der Waals surface area contributed by atoms with E-state index in [4.69, 9.17) is 14.6 Å². The summed E-state index contributed by atoms with van der Waals surface area (Å²) in [5.41, 5.74) is 2.85. The van der Waals surface area contributed by atoms with Crippen LogP contribution < -0.4 is 9.47 Å². The third-order valence-electron chi connectivity index (χ3n) is 5.69. The fourth-order valence-corrected chi connectivity index (χ4v) is 4.94. The van der Waals surface area contributed by atoms with E-state index >= 15 is 0 Å². The van der Waals surface area contributed by atoms with E-state index in [1.54, 1.807) is 35.6 Å². The number of rotatable bonds is 10. The number of aromatic hydroxyl groups is 1. The average molecular weight is 492 g/mol. The Kier molecular flexibility index (Phi) is 7.43. The first kappa shape index (κ1) is 24.4. The summed E-state index contributed by atoms with van der Waals surface area (Å²) in [7, 11) is 1.46. The number of nitrogens with zero attached hydrogens (tertiary/aromatic N) is 1. The summed E-state index contributed by atoms with van der Waals surface area (Å²) in [6.45, 7) is 2.00. The standard InChI is InChI=1S/C27H25NO6S/c1-16-4-3-5-19-20(15-35-27(16)19)18-10-11-28-25(26(18)32)22(31)8-7-21(30)17-6-9-23(34-13-12-29)24(14-17)33-2/h3-6,9-11,14-15,29,32H,7-8,12-13H2,1-2H3. The number of carbonyl (C=O) groups excluding carboxylic acids is 2. The maximum Gasteiger partial charge on any atom is 0.185 e. The van der Waals surface area contributed by atoms with Gasteiger partial charge in [0.25, 0.3) is 0 Å². The summed E-state index contributed by atoms with van der Waals surface area (Å²) in [5.74, 6) is -0.0704. The first-order chi connectivity index (χ1) is 16.9. The van der Waals surface area contributed by atoms with Gasteiger partial charge in [-0.3, -0.25) is 9.59 Å². The van der Waals surface area contributed by atoms with E-state index in [0.29, 0.717) is 22.6 Å². The minimum absolute atomic E-state index is 0.0485. The van der Waals surface area contributed by atoms with E-state index in [-0.39, 0.29) is 43.3 Å². The minimum atomic E-state index is -0.414. The van der Waals surface area contributed by atoms with Gasteiger partial charge in [-0.1, -0.05) is 18.2 Å². The van der Waals surface area contributed by atoms with Crippen LogP contribution in [-0.4, -0.2) is 47.1 Å². The van der Waals surface area contributed by atoms with E-state index in [1.165, 1.54) is 13.3 Å². The van der Waals surface area contributed by atoms with Crippen molar-refractivity contribution in [3.63, 3.8) is 0 Å². The Balaban J connectivity index is 1.51. The molecule has 4 aromatic rings. The molecular formula is C27H25NO6S. The highest BCUT2D eigenvalue weighted by atomic mass is 32.1. The molecule has 8 heteroatoms. The molecule has 7 nitrogen and oxygen atoms in total. The summed E-state index contributed by atoms with van der Waals surface area (Å²) in [6, 6.07) is 12.4. The molecule has 0 aliphatic rings. The summed E-state index contributed by atoms with van der Waals surface area (Å²) < 4.78 is 11.8. The first-order valence-electron chi connectivity index (χ1n) is 11.1. The average Bonchev–Trinajstić information content (AvgIpc) is 3.31. The Morgan fingerprint density at radius 3 is 2.60 bits per heavy atom. The van der Waals surface area contributed by atoms with Gasteiger partial charge in [-0.05, 0) is 42.1 Å². The number of Topliss-reactive ketones (excluding diaryl/α,β-unsaturated/α-hetero) is 2. The molecule has 0 saturated carbocycles. The third-order valence-corrected chi connectivity index (χ3v) is 6.82. The SMILES string of the molecule is COc1cc(C(=O)CCC(=O)c2nccc(-c3csc4c(C)cccc34)c2O)ccc1OCCO. The highest BCUT2D eigenvalue weighted by Crippen LogP contribution is 2.40. The lowest BCUT2D eigenvalue weighted by molar-refractivity contribution is 0.0913. The zero-order valence-electron chi connectivity index (χ0n) is 19.4. The topological polar surface area (TPSA) is 106 Å². The second-order valence-electron chi connectivity index (χ2n) is 7.94. The Hall–Kier alpha value is -3.75. The van der Waals surface area contributed by atoms with Crippen LogP contribution in [-0.2, 0) is 0 Å². The zero-order valence-corrected chi connectivity index (χ0v) is 20.2. The fraction of sp³-hybridized carbons (Fsp3) is 0.222. The second kappa shape index (κ2) is 10.7. The predicted octanol–water partition coefficient (Wildman–Crippen LogP) is 5.20. The fourth-order valence-electron chi connectivity index (χ4n) is 3.89. The van der Waals surface area contributed by atoms with Gasteiger partial charge in [-0.2, -0.15) is 0 Å². The second-order valence-corrected chi connectivity index (χ2v) is 8.82. The summed E-state index contributed by atoms with van der Waals surface area (Å²) in [5, 5.41) is 22.8. The predicted molar refractivity (Wildman–Crippen MR) is 135 cm³/mol. The number of carbonyl (C=O) groups is 2. The van der Waals surface area contributed by atoms with Crippen LogP contribution in [0.5, 0.6) is 17.2 Å². The number of aliphatic hydroxyl groups is 1. The van der Waals surface area contributed by atoms with Crippen molar-refractivity contribution >= 4 is 33.0 Å². The Bertz CT molecular complexity index is 1390. The van der Waals surface area contributed by atoms with E-state index in [2.05, 4.69) is 4.98 Å². The number of aryl methyl sites for hydroxylation is 1. The van der Waals surface area contributed by atoms with Gasteiger partial charge in [-0.15, -0.1) is 11.3 Å². The van der Waals surface area contributed by atoms with Crippen molar-refractivity contribution in [3.05, 3.63) is 70.9 Å². The van der Waals surface area contributed by atoms with E-state index in [9.17, 15) is 14.7 Å². The molecule has 4 rings (SSSR count). The van der Waals surface area contributed by atoms with Crippen molar-refractivity contribution in [3.8, 4) is 28.4 Å². The zero-order chi connectivity index (χ0) is 24.9. The molecule has 0 unspecified atom stereocenters. The molecule has 2 aromatic heterocycles. The number of thiophene rings is 1. The van der Waals surface area contributed by atoms with Crippen LogP contribution in [0.2, 0.25) is 0 Å². The molecule has 35 heavy (non-hydrogen) atoms. The maximum atomic E-state index is 12.9. The number of hydrogen-bond acceptors (Lipinski definition) is 8. The minimum Gasteiger partial charge on any atom is -0.505 e. The first-order valence-corrected chi connectivity index (χ1v) is 12.0. The number of aromatic nitrogens is 1. The van der Waals surface area contributed by atoms with Gasteiger partial charge in [0.1, 0.15) is 12.3 Å². The van der Waals surface area contributed by atoms with Crippen LogP contribution in [0.25, 0.3) is 21.2 Å². The molecule has 0 saturated heterocycles. The van der Waals surface area contributed by atoms with Gasteiger partial charge in [-0.25, -0.2) is 4.98 Å². The third kappa shape index (κ3) is 5.03. The lowest BCUT2D eigenvalue weighted by Gasteiger charge is -2.11. The van der Waals surface area contributed by atoms with Crippen molar-refractivity contribution in [2.24, 2.45) is 0 Å². The molecule has 0 spiro atoms. The van der Waals surface area contributed by atoms with Crippen molar-refractivity contribution in [2.45, 2.75) is 19.8 Å². The van der Waals surface area contributed by atoms with Gasteiger partial charge in [0.15, 0.2) is 28.8 Å². The summed E-state index contributed by atoms with van der Waals surface area (Å²) in [4.78, 5) is 29.7. The maximum absolute atomic E-state index is 12.9. The van der Waals surface area contributed by atoms with Gasteiger partial charge in [0.05, 0.1) is 13.7 Å². The normalized spacial score (nSPS) is 10.9. The van der Waals surface area contributed by atoms with Crippen LogP contribution in [0.3, 0.4) is 0 Å². The molecule has 2 N–H and O–H groups in total. The lowest BCUT2D eigenvalue weighted by atomic mass is 9.99. The smallest absolute Gasteiger partial charge is 0.185 e. The van der Waals surface area contributed by atoms with E-state index in [0.717, 1.165) is 21.2 Å². The lowest BCUT2D eigenvalue weighted by Crippen LogP contribution is -2.08. The van der Waals surface area contributed by atoms with Crippen LogP contribution in [0.1, 0.15) is 39.3 Å². The molecule has 0 bridgehead atoms. The van der Waals surface area contributed by atoms with Gasteiger partial charge in [0.2, 0.25) is 0 Å². The van der Waals surface area contributed by atoms with Crippen molar-refractivity contribution in [1.29, 1.82) is 0 Å². The van der Waals surface area contributed by atoms with Gasteiger partial charge < -0.3 is 19.7 Å². The van der Waals surface area contributed by atoms with E-state index < -0.39 is 5.78 Å². The molecule has 0 atom stereocenters. The summed E-state index contributed by atoms with van der Waals surface area (Å²) in [6.07, 6.45) is 1.35. The molecule has 0 aliphatic carbocycles. The molecule has 2 heterocycles. The number of fused-ring (bicyclic) bond motifs is 1. The number of hydrogen-bond donors (Lipinski definition) is 2. The number of ketones is 2. The molecule has 0 radical (unpaired) electrons. The number of pyridine rings is 1. The Morgan fingerprint density at radius 1 is 1.03 bits per heavy atom. The van der Waals surface area contributed by atoms with Gasteiger partial charge in [0, 0.05) is 45.8 Å². The van der Waals surface area contributed by atoms with Crippen molar-refractivity contribution in [2.75, 3.05) is 20.3 Å². The van der Waals surface area contributed by atoms with E-state index in [1.807, 2.05) is 30.5 Å². The monoisotopic (exact) mass is 491 g/mol. The quantitative estimate of drug-likeness (QED) is 0.294. The summed E-state index contributed by atoms with van der Waals surface area (Å²) >= 11 is 1.59. The molecule has 0 fully saturated rings. The highest BCUT2D eigenvalue weighted by molar-refractivity contribution is 7.18. The van der Waals surface area contributed by atoms with Gasteiger partial charge >= 0.3 is 0 Å². The molecular weight excluding hydrogens is 466 g/mol.